The van der Waals surface area contributed by atoms with Gasteiger partial charge in [-0.05, 0) is 60.7 Å². The van der Waals surface area contributed by atoms with Crippen molar-refractivity contribution in [3.63, 3.8) is 0 Å². The van der Waals surface area contributed by atoms with Crippen LogP contribution in [0.4, 0.5) is 0 Å². The number of hydrogen-bond donors (Lipinski definition) is 1. The van der Waals surface area contributed by atoms with Crippen molar-refractivity contribution in [2.45, 2.75) is 32.9 Å². The van der Waals surface area contributed by atoms with Crippen LogP contribution in [0, 0.1) is 0 Å². The molecular weight excluding hydrogens is 462 g/mol. The first-order valence-electron chi connectivity index (χ1n) is 12.4. The van der Waals surface area contributed by atoms with Crippen LogP contribution < -0.4 is 4.74 Å². The molecule has 4 aromatic rings. The summed E-state index contributed by atoms with van der Waals surface area (Å²) in [5.41, 5.74) is 5.14. The summed E-state index contributed by atoms with van der Waals surface area (Å²) in [6.45, 7) is 3.81. The van der Waals surface area contributed by atoms with Gasteiger partial charge in [0.05, 0.1) is 6.10 Å². The van der Waals surface area contributed by atoms with Gasteiger partial charge >= 0.3 is 5.97 Å². The lowest BCUT2D eigenvalue weighted by Crippen LogP contribution is -2.35. The molecule has 0 aromatic heterocycles. The molecule has 5 heteroatoms. The van der Waals surface area contributed by atoms with Crippen molar-refractivity contribution in [1.82, 2.24) is 4.90 Å². The molecule has 4 rings (SSSR count). The van der Waals surface area contributed by atoms with Gasteiger partial charge in [0.2, 0.25) is 0 Å². The molecule has 1 N–H and O–H groups in total. The van der Waals surface area contributed by atoms with E-state index in [1.54, 1.807) is 0 Å². The molecule has 1 amide bonds. The van der Waals surface area contributed by atoms with Gasteiger partial charge in [0.15, 0.2) is 0 Å². The molecule has 0 saturated carbocycles. The second kappa shape index (κ2) is 12.0. The molecule has 0 radical (unpaired) electrons. The van der Waals surface area contributed by atoms with Crippen molar-refractivity contribution in [1.29, 1.82) is 0 Å². The summed E-state index contributed by atoms with van der Waals surface area (Å²) in [5, 5.41) is 9.55. The van der Waals surface area contributed by atoms with Crippen LogP contribution in [0.3, 0.4) is 0 Å². The smallest absolute Gasteiger partial charge is 0.323 e. The summed E-state index contributed by atoms with van der Waals surface area (Å²) in [4.78, 5) is 26.8. The Hall–Kier alpha value is -4.38. The Balaban J connectivity index is 1.76. The third-order valence-electron chi connectivity index (χ3n) is 5.96. The molecule has 5 nitrogen and oxygen atoms in total. The maximum atomic E-state index is 13.8. The highest BCUT2D eigenvalue weighted by molar-refractivity contribution is 5.98. The van der Waals surface area contributed by atoms with Crippen LogP contribution in [-0.2, 0) is 17.8 Å². The second-order valence-electron chi connectivity index (χ2n) is 9.24. The highest BCUT2D eigenvalue weighted by Gasteiger charge is 2.22. The van der Waals surface area contributed by atoms with Gasteiger partial charge in [0.25, 0.3) is 5.91 Å². The monoisotopic (exact) mass is 493 g/mol. The molecule has 0 fully saturated rings. The Morgan fingerprint density at radius 1 is 0.811 bits per heavy atom. The van der Waals surface area contributed by atoms with E-state index in [-0.39, 0.29) is 25.1 Å². The van der Waals surface area contributed by atoms with Crippen molar-refractivity contribution < 1.29 is 19.4 Å². The first-order valence-corrected chi connectivity index (χ1v) is 12.4. The van der Waals surface area contributed by atoms with Crippen LogP contribution in [0.5, 0.6) is 5.75 Å². The summed E-state index contributed by atoms with van der Waals surface area (Å²) in [6.07, 6.45) is 0.559. The van der Waals surface area contributed by atoms with Gasteiger partial charge in [-0.2, -0.15) is 0 Å². The lowest BCUT2D eigenvalue weighted by Gasteiger charge is -2.23. The Kier molecular flexibility index (Phi) is 8.37. The van der Waals surface area contributed by atoms with Gasteiger partial charge in [-0.15, -0.1) is 0 Å². The number of nitrogens with zero attached hydrogens (tertiary/aromatic N) is 1. The molecule has 0 aliphatic rings. The molecule has 4 aromatic carbocycles. The molecule has 0 bridgehead atoms. The molecular formula is C32H31NO4. The SMILES string of the molecule is CC(C)Oc1ccccc1-c1ccc(C(=O)N(CC(=O)O)Cc2ccccc2)c(Cc2ccccc2)c1. The van der Waals surface area contributed by atoms with Crippen LogP contribution in [-0.4, -0.2) is 34.5 Å². The van der Waals surface area contributed by atoms with E-state index in [1.165, 1.54) is 4.90 Å². The summed E-state index contributed by atoms with van der Waals surface area (Å²) >= 11 is 0. The zero-order valence-corrected chi connectivity index (χ0v) is 21.1. The van der Waals surface area contributed by atoms with Crippen LogP contribution in [0.15, 0.2) is 103 Å². The molecule has 37 heavy (non-hydrogen) atoms. The Morgan fingerprint density at radius 2 is 1.43 bits per heavy atom. The van der Waals surface area contributed by atoms with Gasteiger partial charge in [-0.25, -0.2) is 0 Å². The average Bonchev–Trinajstić information content (AvgIpc) is 2.89. The van der Waals surface area contributed by atoms with Crippen molar-refractivity contribution in [3.05, 3.63) is 125 Å². The number of carboxylic acid groups (broad SMARTS) is 1. The zero-order chi connectivity index (χ0) is 26.2. The number of aliphatic carboxylic acids is 1. The number of carboxylic acids is 1. The number of rotatable bonds is 10. The summed E-state index contributed by atoms with van der Waals surface area (Å²) in [7, 11) is 0. The first kappa shape index (κ1) is 25.7. The normalized spacial score (nSPS) is 10.8. The van der Waals surface area contributed by atoms with Gasteiger partial charge in [-0.1, -0.05) is 84.9 Å². The number of benzene rings is 4. The predicted octanol–water partition coefficient (Wildman–Crippen LogP) is 6.46. The standard InChI is InChI=1S/C32H31NO4/c1-23(2)37-30-16-10-9-15-28(30)26-17-18-29(27(20-26)19-24-11-5-3-6-12-24)32(36)33(22-31(34)35)21-25-13-7-4-8-14-25/h3-18,20,23H,19,21-22H2,1-2H3,(H,34,35). The minimum absolute atomic E-state index is 0.0216. The molecule has 0 aliphatic carbocycles. The molecule has 0 saturated heterocycles. The van der Waals surface area contributed by atoms with Crippen molar-refractivity contribution >= 4 is 11.9 Å². The second-order valence-corrected chi connectivity index (χ2v) is 9.24. The van der Waals surface area contributed by atoms with Crippen molar-refractivity contribution in [2.24, 2.45) is 0 Å². The van der Waals surface area contributed by atoms with E-state index in [0.717, 1.165) is 33.6 Å². The summed E-state index contributed by atoms with van der Waals surface area (Å²) in [5.74, 6) is -0.584. The number of amides is 1. The molecule has 0 spiro atoms. The van der Waals surface area contributed by atoms with Gasteiger partial charge in [0.1, 0.15) is 12.3 Å². The fourth-order valence-electron chi connectivity index (χ4n) is 4.33. The van der Waals surface area contributed by atoms with Gasteiger partial charge in [0, 0.05) is 17.7 Å². The van der Waals surface area contributed by atoms with E-state index in [2.05, 4.69) is 0 Å². The van der Waals surface area contributed by atoms with Gasteiger partial charge < -0.3 is 14.7 Å². The van der Waals surface area contributed by atoms with Crippen LogP contribution in [0.2, 0.25) is 0 Å². The van der Waals surface area contributed by atoms with E-state index in [9.17, 15) is 14.7 Å². The minimum Gasteiger partial charge on any atom is -0.490 e. The molecule has 0 heterocycles. The highest BCUT2D eigenvalue weighted by atomic mass is 16.5. The fraction of sp³-hybridized carbons (Fsp3) is 0.188. The lowest BCUT2D eigenvalue weighted by atomic mass is 9.93. The maximum absolute atomic E-state index is 13.8. The van der Waals surface area contributed by atoms with Gasteiger partial charge in [-0.3, -0.25) is 9.59 Å². The third kappa shape index (κ3) is 6.85. The topological polar surface area (TPSA) is 66.8 Å². The summed E-state index contributed by atoms with van der Waals surface area (Å²) < 4.78 is 6.04. The van der Waals surface area contributed by atoms with Crippen molar-refractivity contribution in [2.75, 3.05) is 6.54 Å². The number of carbonyl (C=O) groups excluding carboxylic acids is 1. The van der Waals surface area contributed by atoms with Crippen molar-refractivity contribution in [3.8, 4) is 16.9 Å². The number of ether oxygens (including phenoxy) is 1. The maximum Gasteiger partial charge on any atom is 0.323 e. The Labute approximate surface area is 218 Å². The van der Waals surface area contributed by atoms with Crippen LogP contribution in [0.25, 0.3) is 11.1 Å². The largest absolute Gasteiger partial charge is 0.490 e. The molecule has 0 aliphatic heterocycles. The average molecular weight is 494 g/mol. The fourth-order valence-corrected chi connectivity index (χ4v) is 4.33. The van der Waals surface area contributed by atoms with E-state index < -0.39 is 5.97 Å². The number of carbonyl (C=O) groups is 2. The van der Waals surface area contributed by atoms with E-state index in [1.807, 2.05) is 117 Å². The number of hydrogen-bond acceptors (Lipinski definition) is 3. The summed E-state index contributed by atoms with van der Waals surface area (Å²) in [6, 6.07) is 33.0. The van der Waals surface area contributed by atoms with Crippen LogP contribution in [0.1, 0.15) is 40.9 Å². The molecule has 0 unspecified atom stereocenters. The lowest BCUT2D eigenvalue weighted by molar-refractivity contribution is -0.137. The number of para-hydroxylation sites is 1. The minimum atomic E-state index is -1.05. The Bertz CT molecular complexity index is 1350. The zero-order valence-electron chi connectivity index (χ0n) is 21.1. The van der Waals surface area contributed by atoms with E-state index in [0.29, 0.717) is 12.0 Å². The third-order valence-corrected chi connectivity index (χ3v) is 5.96. The Morgan fingerprint density at radius 3 is 2.08 bits per heavy atom. The predicted molar refractivity (Wildman–Crippen MR) is 146 cm³/mol. The van der Waals surface area contributed by atoms with E-state index >= 15 is 0 Å². The van der Waals surface area contributed by atoms with E-state index in [4.69, 9.17) is 4.74 Å². The van der Waals surface area contributed by atoms with Crippen LogP contribution >= 0.6 is 0 Å². The highest BCUT2D eigenvalue weighted by Crippen LogP contribution is 2.33. The molecule has 188 valence electrons. The first-order chi connectivity index (χ1) is 17.9. The molecule has 0 atom stereocenters. The quantitative estimate of drug-likeness (QED) is 0.275.